The van der Waals surface area contributed by atoms with E-state index in [9.17, 15) is 0 Å². The highest BCUT2D eigenvalue weighted by atomic mass is 35.5. The van der Waals surface area contributed by atoms with E-state index < -0.39 is 0 Å². The fourth-order valence-electron chi connectivity index (χ4n) is 1.68. The molecule has 0 saturated carbocycles. The lowest BCUT2D eigenvalue weighted by molar-refractivity contribution is 0.883. The molecule has 0 aliphatic heterocycles. The number of halogens is 1. The van der Waals surface area contributed by atoms with E-state index in [0.717, 1.165) is 28.3 Å². The van der Waals surface area contributed by atoms with Gasteiger partial charge in [-0.3, -0.25) is 0 Å². The topological polar surface area (TPSA) is 43.8 Å². The summed E-state index contributed by atoms with van der Waals surface area (Å²) in [6.45, 7) is 4.02. The Hall–Kier alpha value is -1.48. The lowest BCUT2D eigenvalue weighted by atomic mass is 10.2. The molecule has 3 nitrogen and oxygen atoms in total. The Bertz CT molecular complexity index is 517. The molecule has 2 rings (SSSR count). The van der Waals surface area contributed by atoms with E-state index in [2.05, 4.69) is 12.0 Å². The number of aryl methyl sites for hydroxylation is 1. The zero-order chi connectivity index (χ0) is 11.7. The summed E-state index contributed by atoms with van der Waals surface area (Å²) in [5, 5.41) is 5.02. The third kappa shape index (κ3) is 1.67. The molecular formula is C12H14ClN3. The molecule has 0 spiro atoms. The molecular weight excluding hydrogens is 222 g/mol. The molecule has 2 aromatic rings. The van der Waals surface area contributed by atoms with Crippen molar-refractivity contribution in [2.75, 3.05) is 5.73 Å². The average molecular weight is 236 g/mol. The van der Waals surface area contributed by atoms with Crippen LogP contribution in [0.3, 0.4) is 0 Å². The van der Waals surface area contributed by atoms with Crippen LogP contribution in [-0.4, -0.2) is 9.78 Å². The van der Waals surface area contributed by atoms with E-state index in [-0.39, 0.29) is 0 Å². The number of nitrogen functional groups attached to an aromatic ring is 1. The van der Waals surface area contributed by atoms with Gasteiger partial charge in [0.15, 0.2) is 0 Å². The fourth-order valence-corrected chi connectivity index (χ4v) is 1.85. The Labute approximate surface area is 99.8 Å². The van der Waals surface area contributed by atoms with Crippen molar-refractivity contribution in [2.24, 2.45) is 0 Å². The van der Waals surface area contributed by atoms with Crippen LogP contribution < -0.4 is 5.73 Å². The normalized spacial score (nSPS) is 10.7. The van der Waals surface area contributed by atoms with Crippen LogP contribution in [-0.2, 0) is 6.42 Å². The number of nitrogens with two attached hydrogens (primary N) is 1. The van der Waals surface area contributed by atoms with Crippen molar-refractivity contribution < 1.29 is 0 Å². The van der Waals surface area contributed by atoms with Crippen molar-refractivity contribution in [1.82, 2.24) is 9.78 Å². The largest absolute Gasteiger partial charge is 0.383 e. The summed E-state index contributed by atoms with van der Waals surface area (Å²) in [6.07, 6.45) is 2.68. The van der Waals surface area contributed by atoms with Crippen LogP contribution in [0.2, 0.25) is 5.02 Å². The second-order valence-corrected chi connectivity index (χ2v) is 4.11. The van der Waals surface area contributed by atoms with Crippen molar-refractivity contribution in [3.05, 3.63) is 40.5 Å². The minimum absolute atomic E-state index is 0.688. The van der Waals surface area contributed by atoms with E-state index in [1.54, 1.807) is 10.9 Å². The van der Waals surface area contributed by atoms with Gasteiger partial charge >= 0.3 is 0 Å². The maximum atomic E-state index is 6.07. The Morgan fingerprint density at radius 3 is 2.81 bits per heavy atom. The number of hydrogen-bond donors (Lipinski definition) is 1. The zero-order valence-electron chi connectivity index (χ0n) is 9.37. The van der Waals surface area contributed by atoms with Gasteiger partial charge in [0.2, 0.25) is 0 Å². The van der Waals surface area contributed by atoms with Gasteiger partial charge in [-0.2, -0.15) is 5.10 Å². The third-order valence-electron chi connectivity index (χ3n) is 2.73. The van der Waals surface area contributed by atoms with Crippen LogP contribution in [0.1, 0.15) is 18.1 Å². The van der Waals surface area contributed by atoms with Gasteiger partial charge in [0.1, 0.15) is 5.82 Å². The molecule has 0 radical (unpaired) electrons. The monoisotopic (exact) mass is 235 g/mol. The van der Waals surface area contributed by atoms with Crippen LogP contribution in [0.4, 0.5) is 5.82 Å². The van der Waals surface area contributed by atoms with E-state index in [1.165, 1.54) is 0 Å². The Balaban J connectivity index is 2.59. The highest BCUT2D eigenvalue weighted by Crippen LogP contribution is 2.24. The quantitative estimate of drug-likeness (QED) is 0.870. The Morgan fingerprint density at radius 2 is 2.19 bits per heavy atom. The highest BCUT2D eigenvalue weighted by Gasteiger charge is 2.10. The van der Waals surface area contributed by atoms with Gasteiger partial charge in [0, 0.05) is 10.6 Å². The number of benzene rings is 1. The number of anilines is 1. The molecule has 0 aliphatic rings. The highest BCUT2D eigenvalue weighted by molar-refractivity contribution is 6.31. The Morgan fingerprint density at radius 1 is 1.44 bits per heavy atom. The first-order valence-corrected chi connectivity index (χ1v) is 5.60. The molecule has 16 heavy (non-hydrogen) atoms. The maximum absolute atomic E-state index is 6.07. The second kappa shape index (κ2) is 4.18. The lowest BCUT2D eigenvalue weighted by Crippen LogP contribution is -2.04. The molecule has 2 N–H and O–H groups in total. The predicted molar refractivity (Wildman–Crippen MR) is 67.1 cm³/mol. The average Bonchev–Trinajstić information content (AvgIpc) is 2.64. The lowest BCUT2D eigenvalue weighted by Gasteiger charge is -2.09. The van der Waals surface area contributed by atoms with Gasteiger partial charge in [-0.1, -0.05) is 24.6 Å². The number of hydrogen-bond acceptors (Lipinski definition) is 2. The molecule has 0 bridgehead atoms. The number of aromatic nitrogens is 2. The van der Waals surface area contributed by atoms with Crippen molar-refractivity contribution in [2.45, 2.75) is 20.3 Å². The summed E-state index contributed by atoms with van der Waals surface area (Å²) in [5.74, 6) is 0.688. The molecule has 0 unspecified atom stereocenters. The molecule has 0 atom stereocenters. The van der Waals surface area contributed by atoms with Gasteiger partial charge in [-0.25, -0.2) is 4.68 Å². The molecule has 0 aliphatic carbocycles. The van der Waals surface area contributed by atoms with E-state index in [0.29, 0.717) is 5.82 Å². The minimum Gasteiger partial charge on any atom is -0.383 e. The van der Waals surface area contributed by atoms with Crippen LogP contribution in [0, 0.1) is 6.92 Å². The summed E-state index contributed by atoms with van der Waals surface area (Å²) in [5.41, 5.74) is 9.00. The van der Waals surface area contributed by atoms with Crippen LogP contribution >= 0.6 is 11.6 Å². The first-order valence-electron chi connectivity index (χ1n) is 5.23. The smallest absolute Gasteiger partial charge is 0.130 e. The fraction of sp³-hybridized carbons (Fsp3) is 0.250. The molecule has 1 heterocycles. The van der Waals surface area contributed by atoms with Gasteiger partial charge in [-0.15, -0.1) is 0 Å². The van der Waals surface area contributed by atoms with Gasteiger partial charge < -0.3 is 5.73 Å². The van der Waals surface area contributed by atoms with Crippen molar-refractivity contribution in [3.63, 3.8) is 0 Å². The first kappa shape index (κ1) is 11.0. The molecule has 0 fully saturated rings. The molecule has 0 amide bonds. The molecule has 1 aromatic heterocycles. The van der Waals surface area contributed by atoms with E-state index in [4.69, 9.17) is 17.3 Å². The molecule has 1 aromatic carbocycles. The second-order valence-electron chi connectivity index (χ2n) is 3.70. The van der Waals surface area contributed by atoms with Crippen LogP contribution in [0.5, 0.6) is 0 Å². The molecule has 84 valence electrons. The summed E-state index contributed by atoms with van der Waals surface area (Å²) >= 11 is 6.07. The summed E-state index contributed by atoms with van der Waals surface area (Å²) in [6, 6.07) is 5.72. The van der Waals surface area contributed by atoms with E-state index >= 15 is 0 Å². The summed E-state index contributed by atoms with van der Waals surface area (Å²) in [7, 11) is 0. The van der Waals surface area contributed by atoms with Gasteiger partial charge in [-0.05, 0) is 31.0 Å². The van der Waals surface area contributed by atoms with Crippen molar-refractivity contribution in [1.29, 1.82) is 0 Å². The van der Waals surface area contributed by atoms with Crippen LogP contribution in [0.25, 0.3) is 5.69 Å². The number of nitrogens with zero attached hydrogens (tertiary/aromatic N) is 2. The first-order chi connectivity index (χ1) is 7.65. The van der Waals surface area contributed by atoms with Crippen molar-refractivity contribution >= 4 is 17.4 Å². The third-order valence-corrected chi connectivity index (χ3v) is 3.14. The summed E-state index contributed by atoms with van der Waals surface area (Å²) < 4.78 is 1.74. The maximum Gasteiger partial charge on any atom is 0.130 e. The Kier molecular flexibility index (Phi) is 2.88. The van der Waals surface area contributed by atoms with Gasteiger partial charge in [0.05, 0.1) is 11.9 Å². The molecule has 0 saturated heterocycles. The summed E-state index contributed by atoms with van der Waals surface area (Å²) in [4.78, 5) is 0. The predicted octanol–water partition coefficient (Wildman–Crippen LogP) is 2.98. The zero-order valence-corrected chi connectivity index (χ0v) is 10.1. The standard InChI is InChI=1S/C12H14ClN3/c1-3-9-7-15-16(12(9)14)11-6-4-5-10(13)8(11)2/h4-7H,3,14H2,1-2H3. The minimum atomic E-state index is 0.688. The molecule has 4 heteroatoms. The van der Waals surface area contributed by atoms with Gasteiger partial charge in [0.25, 0.3) is 0 Å². The number of rotatable bonds is 2. The van der Waals surface area contributed by atoms with E-state index in [1.807, 2.05) is 25.1 Å². The van der Waals surface area contributed by atoms with Crippen LogP contribution in [0.15, 0.2) is 24.4 Å². The van der Waals surface area contributed by atoms with Crippen molar-refractivity contribution in [3.8, 4) is 5.69 Å². The SMILES string of the molecule is CCc1cnn(-c2cccc(Cl)c2C)c1N.